The molecule has 2 rings (SSSR count). The highest BCUT2D eigenvalue weighted by Crippen LogP contribution is 2.04. The van der Waals surface area contributed by atoms with Crippen LogP contribution in [-0.4, -0.2) is 19.1 Å². The highest BCUT2D eigenvalue weighted by atomic mass is 16.4. The second kappa shape index (κ2) is 8.35. The maximum absolute atomic E-state index is 11.0. The largest absolute Gasteiger partial charge is 0.544 e. The summed E-state index contributed by atoms with van der Waals surface area (Å²) < 4.78 is 0. The van der Waals surface area contributed by atoms with Gasteiger partial charge in [0.1, 0.15) is 13.1 Å². The second-order valence-corrected chi connectivity index (χ2v) is 5.63. The first-order valence-corrected chi connectivity index (χ1v) is 7.82. The van der Waals surface area contributed by atoms with Crippen LogP contribution in [0.4, 0.5) is 0 Å². The summed E-state index contributed by atoms with van der Waals surface area (Å²) in [6.07, 6.45) is 1.89. The van der Waals surface area contributed by atoms with Crippen molar-refractivity contribution in [1.82, 2.24) is 0 Å². The predicted octanol–water partition coefficient (Wildman–Crippen LogP) is 0.627. The standard InChI is InChI=1S/C19H23NO2/c1-2-16-8-10-18(11-9-16)14-20(15-19(21)22)13-12-17-6-4-3-5-7-17/h3-11H,2,12-15H2,1H3,(H,21,22). The smallest absolute Gasteiger partial charge is 0.118 e. The topological polar surface area (TPSA) is 44.6 Å². The van der Waals surface area contributed by atoms with Crippen molar-refractivity contribution in [1.29, 1.82) is 0 Å². The molecule has 116 valence electrons. The number of rotatable bonds is 8. The van der Waals surface area contributed by atoms with E-state index in [0.717, 1.165) is 24.3 Å². The lowest BCUT2D eigenvalue weighted by Gasteiger charge is -2.20. The minimum Gasteiger partial charge on any atom is -0.544 e. The number of aryl methyl sites for hydroxylation is 1. The first kappa shape index (κ1) is 16.2. The molecular formula is C19H23NO2. The van der Waals surface area contributed by atoms with Crippen LogP contribution in [0.15, 0.2) is 54.6 Å². The zero-order valence-electron chi connectivity index (χ0n) is 13.0. The zero-order chi connectivity index (χ0) is 15.8. The van der Waals surface area contributed by atoms with E-state index in [1.165, 1.54) is 16.7 Å². The number of aliphatic carboxylic acids is 1. The van der Waals surface area contributed by atoms with E-state index in [1.807, 2.05) is 18.2 Å². The Balaban J connectivity index is 1.97. The molecule has 0 aliphatic heterocycles. The Kier molecular flexibility index (Phi) is 6.16. The summed E-state index contributed by atoms with van der Waals surface area (Å²) in [7, 11) is 0. The number of carbonyl (C=O) groups is 1. The Bertz CT molecular complexity index is 578. The van der Waals surface area contributed by atoms with Crippen LogP contribution < -0.4 is 10.0 Å². The van der Waals surface area contributed by atoms with Crippen molar-refractivity contribution in [2.24, 2.45) is 0 Å². The van der Waals surface area contributed by atoms with Crippen LogP contribution in [-0.2, 0) is 24.2 Å². The van der Waals surface area contributed by atoms with Crippen LogP contribution in [0.5, 0.6) is 0 Å². The van der Waals surface area contributed by atoms with Crippen LogP contribution in [0.3, 0.4) is 0 Å². The van der Waals surface area contributed by atoms with E-state index in [-0.39, 0.29) is 6.54 Å². The molecule has 0 fully saturated rings. The monoisotopic (exact) mass is 297 g/mol. The molecule has 0 heterocycles. The number of carboxylic acids is 1. The van der Waals surface area contributed by atoms with Gasteiger partial charge >= 0.3 is 0 Å². The average Bonchev–Trinajstić information content (AvgIpc) is 2.54. The number of carboxylic acid groups (broad SMARTS) is 1. The molecule has 0 spiro atoms. The van der Waals surface area contributed by atoms with Crippen molar-refractivity contribution >= 4 is 5.97 Å². The minimum atomic E-state index is -0.992. The van der Waals surface area contributed by atoms with Gasteiger partial charge in [-0.05, 0) is 17.5 Å². The van der Waals surface area contributed by atoms with Gasteiger partial charge < -0.3 is 14.8 Å². The Morgan fingerprint density at radius 2 is 1.59 bits per heavy atom. The lowest BCUT2D eigenvalue weighted by Crippen LogP contribution is -3.12. The van der Waals surface area contributed by atoms with Crippen molar-refractivity contribution in [3.8, 4) is 0 Å². The molecule has 3 heteroatoms. The highest BCUT2D eigenvalue weighted by Gasteiger charge is 2.10. The van der Waals surface area contributed by atoms with Crippen molar-refractivity contribution in [2.45, 2.75) is 26.3 Å². The SMILES string of the molecule is CCc1ccc(C[NH+](CCc2ccccc2)CC(=O)[O-])cc1. The molecule has 22 heavy (non-hydrogen) atoms. The highest BCUT2D eigenvalue weighted by molar-refractivity contribution is 5.65. The summed E-state index contributed by atoms with van der Waals surface area (Å²) in [6.45, 7) is 3.67. The first-order valence-electron chi connectivity index (χ1n) is 7.82. The van der Waals surface area contributed by atoms with Gasteiger partial charge in [0.2, 0.25) is 0 Å². The van der Waals surface area contributed by atoms with E-state index in [9.17, 15) is 9.90 Å². The van der Waals surface area contributed by atoms with Crippen molar-refractivity contribution in [3.63, 3.8) is 0 Å². The quantitative estimate of drug-likeness (QED) is 0.776. The third-order valence-electron chi connectivity index (χ3n) is 3.89. The van der Waals surface area contributed by atoms with Gasteiger partial charge in [-0.15, -0.1) is 0 Å². The van der Waals surface area contributed by atoms with E-state index >= 15 is 0 Å². The molecule has 3 nitrogen and oxygen atoms in total. The summed E-state index contributed by atoms with van der Waals surface area (Å²) in [5, 5.41) is 11.0. The van der Waals surface area contributed by atoms with E-state index in [4.69, 9.17) is 0 Å². The fourth-order valence-electron chi connectivity index (χ4n) is 2.59. The van der Waals surface area contributed by atoms with Crippen LogP contribution >= 0.6 is 0 Å². The molecule has 1 unspecified atom stereocenters. The summed E-state index contributed by atoms with van der Waals surface area (Å²) in [6, 6.07) is 18.6. The molecule has 0 aliphatic rings. The molecule has 0 bridgehead atoms. The molecule has 0 saturated heterocycles. The van der Waals surface area contributed by atoms with E-state index < -0.39 is 5.97 Å². The Labute approximate surface area is 132 Å². The van der Waals surface area contributed by atoms with E-state index in [1.54, 1.807) is 0 Å². The lowest BCUT2D eigenvalue weighted by atomic mass is 10.1. The lowest BCUT2D eigenvalue weighted by molar-refractivity contribution is -0.908. The van der Waals surface area contributed by atoms with Gasteiger partial charge in [-0.25, -0.2) is 0 Å². The van der Waals surface area contributed by atoms with Gasteiger partial charge in [-0.1, -0.05) is 61.5 Å². The summed E-state index contributed by atoms with van der Waals surface area (Å²) in [5.74, 6) is -0.992. The molecule has 0 aromatic heterocycles. The fraction of sp³-hybridized carbons (Fsp3) is 0.316. The van der Waals surface area contributed by atoms with Gasteiger partial charge in [0.05, 0.1) is 12.5 Å². The molecule has 0 radical (unpaired) electrons. The van der Waals surface area contributed by atoms with Gasteiger partial charge in [0.15, 0.2) is 0 Å². The third kappa shape index (κ3) is 5.34. The molecular weight excluding hydrogens is 274 g/mol. The molecule has 1 atom stereocenters. The van der Waals surface area contributed by atoms with Crippen LogP contribution in [0.25, 0.3) is 0 Å². The maximum atomic E-state index is 11.0. The van der Waals surface area contributed by atoms with Crippen LogP contribution in [0.2, 0.25) is 0 Å². The summed E-state index contributed by atoms with van der Waals surface area (Å²) >= 11 is 0. The number of carbonyl (C=O) groups excluding carboxylic acids is 1. The molecule has 0 amide bonds. The minimum absolute atomic E-state index is 0.0440. The van der Waals surface area contributed by atoms with E-state index in [2.05, 4.69) is 43.3 Å². The van der Waals surface area contributed by atoms with Gasteiger partial charge in [0, 0.05) is 12.0 Å². The average molecular weight is 297 g/mol. The second-order valence-electron chi connectivity index (χ2n) is 5.63. The first-order chi connectivity index (χ1) is 10.7. The number of quaternary nitrogens is 1. The Morgan fingerprint density at radius 1 is 0.955 bits per heavy atom. The van der Waals surface area contributed by atoms with E-state index in [0.29, 0.717) is 6.54 Å². The van der Waals surface area contributed by atoms with Crippen molar-refractivity contribution in [2.75, 3.05) is 13.1 Å². The molecule has 1 N–H and O–H groups in total. The fourth-order valence-corrected chi connectivity index (χ4v) is 2.59. The summed E-state index contributed by atoms with van der Waals surface area (Å²) in [5.41, 5.74) is 3.70. The Hall–Kier alpha value is -2.13. The number of hydrogen-bond acceptors (Lipinski definition) is 2. The van der Waals surface area contributed by atoms with Gasteiger partial charge in [-0.2, -0.15) is 0 Å². The van der Waals surface area contributed by atoms with Crippen LogP contribution in [0, 0.1) is 0 Å². The molecule has 2 aromatic carbocycles. The van der Waals surface area contributed by atoms with Gasteiger partial charge in [-0.3, -0.25) is 0 Å². The maximum Gasteiger partial charge on any atom is 0.118 e. The molecule has 0 aliphatic carbocycles. The predicted molar refractivity (Wildman–Crippen MR) is 85.4 cm³/mol. The Morgan fingerprint density at radius 3 is 2.18 bits per heavy atom. The normalized spacial score (nSPS) is 12.0. The van der Waals surface area contributed by atoms with Gasteiger partial charge in [0.25, 0.3) is 0 Å². The molecule has 0 saturated carbocycles. The number of benzene rings is 2. The zero-order valence-corrected chi connectivity index (χ0v) is 13.0. The van der Waals surface area contributed by atoms with Crippen molar-refractivity contribution in [3.05, 3.63) is 71.3 Å². The van der Waals surface area contributed by atoms with Crippen molar-refractivity contribution < 1.29 is 14.8 Å². The number of hydrogen-bond donors (Lipinski definition) is 1. The molecule has 2 aromatic rings. The third-order valence-corrected chi connectivity index (χ3v) is 3.89. The number of nitrogens with one attached hydrogen (secondary N) is 1. The van der Waals surface area contributed by atoms with Crippen LogP contribution in [0.1, 0.15) is 23.6 Å². The summed E-state index contributed by atoms with van der Waals surface area (Å²) in [4.78, 5) is 12.0.